The van der Waals surface area contributed by atoms with Gasteiger partial charge in [-0.15, -0.1) is 0 Å². The van der Waals surface area contributed by atoms with Crippen molar-refractivity contribution in [1.29, 1.82) is 0 Å². The normalized spacial score (nSPS) is 47.1. The van der Waals surface area contributed by atoms with Gasteiger partial charge in [0.1, 0.15) is 0 Å². The minimum Gasteiger partial charge on any atom is -0.354 e. The molecule has 8 aliphatic heterocycles. The minimum atomic E-state index is -4.44. The van der Waals surface area contributed by atoms with Gasteiger partial charge in [-0.2, -0.15) is 13.2 Å². The van der Waals surface area contributed by atoms with Crippen molar-refractivity contribution >= 4 is 11.6 Å². The fourth-order valence-corrected chi connectivity index (χ4v) is 11.8. The average molecular weight is 824 g/mol. The highest BCUT2D eigenvalue weighted by Gasteiger charge is 2.71. The molecule has 16 atom stereocenters. The van der Waals surface area contributed by atoms with Gasteiger partial charge in [-0.1, -0.05) is 27.7 Å². The van der Waals surface area contributed by atoms with Crippen LogP contribution < -0.4 is 10.6 Å². The van der Waals surface area contributed by atoms with Crippen LogP contribution in [-0.4, -0.2) is 80.2 Å². The molecule has 2 aliphatic carbocycles. The number of nitrogens with zero attached hydrogens (tertiary/aromatic N) is 1. The number of rotatable bonds is 9. The van der Waals surface area contributed by atoms with Crippen LogP contribution in [0.1, 0.15) is 98.5 Å². The number of nitrogens with one attached hydrogen (secondary N) is 2. The highest BCUT2D eigenvalue weighted by atomic mass is 19.4. The third-order valence-corrected chi connectivity index (χ3v) is 15.0. The molecule has 0 aromatic heterocycles. The Morgan fingerprint density at radius 1 is 0.707 bits per heavy atom. The van der Waals surface area contributed by atoms with E-state index >= 15 is 0 Å². The van der Waals surface area contributed by atoms with Gasteiger partial charge in [0.25, 0.3) is 0 Å². The molecule has 1 aromatic carbocycles. The van der Waals surface area contributed by atoms with Gasteiger partial charge in [0.15, 0.2) is 42.3 Å². The summed E-state index contributed by atoms with van der Waals surface area (Å²) in [6, 6.07) is 4.84. The lowest BCUT2D eigenvalue weighted by Crippen LogP contribution is -2.70. The molecule has 16 heteroatoms. The molecule has 4 bridgehead atoms. The molecule has 0 amide bonds. The van der Waals surface area contributed by atoms with Gasteiger partial charge < -0.3 is 39.1 Å². The molecule has 0 radical (unpaired) electrons. The molecule has 10 aliphatic rings. The molecule has 2 N–H and O–H groups in total. The van der Waals surface area contributed by atoms with E-state index in [9.17, 15) is 13.2 Å². The summed E-state index contributed by atoms with van der Waals surface area (Å²) in [6.45, 7) is 13.7. The van der Waals surface area contributed by atoms with Gasteiger partial charge in [-0.25, -0.2) is 19.6 Å². The number of fused-ring (bicyclic) bond motifs is 4. The van der Waals surface area contributed by atoms with Crippen LogP contribution in [0.4, 0.5) is 18.9 Å². The molecule has 0 unspecified atom stereocenters. The number of benzene rings is 1. The lowest BCUT2D eigenvalue weighted by Gasteiger charge is -2.60. The van der Waals surface area contributed by atoms with Crippen molar-refractivity contribution in [3.63, 3.8) is 0 Å². The molecule has 2 saturated carbocycles. The summed E-state index contributed by atoms with van der Waals surface area (Å²) in [5, 5.41) is 6.43. The lowest BCUT2D eigenvalue weighted by atomic mass is 9.58. The van der Waals surface area contributed by atoms with Crippen LogP contribution in [0.5, 0.6) is 0 Å². The molecule has 13 nitrogen and oxygen atoms in total. The second-order valence-corrected chi connectivity index (χ2v) is 18.6. The third-order valence-electron chi connectivity index (χ3n) is 15.0. The van der Waals surface area contributed by atoms with Crippen LogP contribution in [-0.2, 0) is 54.1 Å². The van der Waals surface area contributed by atoms with Crippen LogP contribution in [0, 0.1) is 47.3 Å². The Kier molecular flexibility index (Phi) is 10.9. The summed E-state index contributed by atoms with van der Waals surface area (Å²) in [6.07, 6.45) is 0.674. The van der Waals surface area contributed by atoms with Crippen molar-refractivity contribution in [3.05, 3.63) is 29.8 Å². The second kappa shape index (κ2) is 15.3. The summed E-state index contributed by atoms with van der Waals surface area (Å²) in [5.74, 6) is 0.289. The van der Waals surface area contributed by atoms with Crippen molar-refractivity contribution in [2.24, 2.45) is 52.3 Å². The highest BCUT2D eigenvalue weighted by molar-refractivity contribution is 5.93. The Balaban J connectivity index is 0.846. The predicted octanol–water partition coefficient (Wildman–Crippen LogP) is 7.51. The minimum absolute atomic E-state index is 0.00703. The van der Waals surface area contributed by atoms with E-state index in [2.05, 4.69) is 38.3 Å². The van der Waals surface area contributed by atoms with Crippen molar-refractivity contribution in [3.8, 4) is 0 Å². The van der Waals surface area contributed by atoms with Crippen molar-refractivity contribution in [2.75, 3.05) is 31.6 Å². The fraction of sp³-hybridized carbons (Fsp3) is 0.833. The molecular formula is C42H60F3N3O10. The maximum atomic E-state index is 13.3. The molecule has 324 valence electrons. The number of halogens is 3. The highest BCUT2D eigenvalue weighted by Crippen LogP contribution is 2.62. The number of hydrogen-bond donors (Lipinski definition) is 2. The average Bonchev–Trinajstić information content (AvgIpc) is 3.56. The quantitative estimate of drug-likeness (QED) is 0.111. The van der Waals surface area contributed by atoms with Gasteiger partial charge in [0, 0.05) is 48.7 Å². The first-order valence-corrected chi connectivity index (χ1v) is 21.5. The Morgan fingerprint density at radius 3 is 1.74 bits per heavy atom. The molecule has 1 aromatic rings. The SMILES string of the molecule is C[C@H]1[C@@H](OCCN=C(NCCO[C@H]2O[C@@H]3O[C@@]4(C)CC[C@H]5[C@H](C)CC[C@@H]([C@H]2C)[C@@]35OO4)Nc2ccc(C(F)(F)F)cc2)O[C@@H]2O[C@@]3(C)CC[C@H]4[C@H](C)CC[C@@H]1[C@@]24OO3. The lowest BCUT2D eigenvalue weighted by molar-refractivity contribution is -0.577. The molecule has 11 rings (SSSR count). The Bertz CT molecular complexity index is 1680. The number of guanidine groups is 1. The maximum Gasteiger partial charge on any atom is 0.416 e. The van der Waals surface area contributed by atoms with E-state index < -0.39 is 59.7 Å². The Labute approximate surface area is 338 Å². The molecule has 2 spiro atoms. The van der Waals surface area contributed by atoms with Crippen LogP contribution in [0.2, 0.25) is 0 Å². The van der Waals surface area contributed by atoms with Crippen LogP contribution in [0.15, 0.2) is 29.3 Å². The summed E-state index contributed by atoms with van der Waals surface area (Å²) >= 11 is 0. The van der Waals surface area contributed by atoms with E-state index in [0.717, 1.165) is 63.5 Å². The zero-order chi connectivity index (χ0) is 40.7. The first-order chi connectivity index (χ1) is 27.6. The summed E-state index contributed by atoms with van der Waals surface area (Å²) in [7, 11) is 0. The zero-order valence-electron chi connectivity index (χ0n) is 34.4. The molecular weight excluding hydrogens is 763 g/mol. The first-order valence-electron chi connectivity index (χ1n) is 21.5. The van der Waals surface area contributed by atoms with Crippen LogP contribution in [0.25, 0.3) is 0 Å². The summed E-state index contributed by atoms with van der Waals surface area (Å²) in [4.78, 5) is 29.1. The molecule has 58 heavy (non-hydrogen) atoms. The first kappa shape index (κ1) is 41.2. The van der Waals surface area contributed by atoms with Gasteiger partial charge in [-0.05, 0) is 100 Å². The van der Waals surface area contributed by atoms with Gasteiger partial charge in [-0.3, -0.25) is 4.99 Å². The Morgan fingerprint density at radius 2 is 1.22 bits per heavy atom. The van der Waals surface area contributed by atoms with Crippen molar-refractivity contribution in [2.45, 2.75) is 147 Å². The van der Waals surface area contributed by atoms with Gasteiger partial charge in [0.05, 0.1) is 25.3 Å². The smallest absolute Gasteiger partial charge is 0.354 e. The van der Waals surface area contributed by atoms with E-state index in [-0.39, 0.29) is 55.3 Å². The zero-order valence-corrected chi connectivity index (χ0v) is 34.4. The van der Waals surface area contributed by atoms with E-state index in [1.54, 1.807) is 0 Å². The summed E-state index contributed by atoms with van der Waals surface area (Å²) < 4.78 is 78.8. The largest absolute Gasteiger partial charge is 0.416 e. The van der Waals surface area contributed by atoms with Crippen LogP contribution >= 0.6 is 0 Å². The summed E-state index contributed by atoms with van der Waals surface area (Å²) in [5.41, 5.74) is -1.65. The number of aliphatic imine (C=N–C) groups is 1. The van der Waals surface area contributed by atoms with E-state index in [1.165, 1.54) is 12.1 Å². The topological polar surface area (TPSA) is 129 Å². The van der Waals surface area contributed by atoms with E-state index in [4.69, 9.17) is 53.0 Å². The number of alkyl halides is 3. The maximum absolute atomic E-state index is 13.3. The van der Waals surface area contributed by atoms with Crippen molar-refractivity contribution < 1.29 is 61.1 Å². The third kappa shape index (κ3) is 7.08. The molecule has 10 fully saturated rings. The molecule has 8 saturated heterocycles. The number of ether oxygens (including phenoxy) is 6. The Hall–Kier alpha value is -2.12. The number of anilines is 1. The molecule has 8 heterocycles. The fourth-order valence-electron chi connectivity index (χ4n) is 11.8. The van der Waals surface area contributed by atoms with E-state index in [1.807, 2.05) is 13.8 Å². The van der Waals surface area contributed by atoms with Crippen molar-refractivity contribution in [1.82, 2.24) is 5.32 Å². The second-order valence-electron chi connectivity index (χ2n) is 18.6. The van der Waals surface area contributed by atoms with Gasteiger partial charge in [0.2, 0.25) is 11.6 Å². The monoisotopic (exact) mass is 823 g/mol. The number of hydrogen-bond acceptors (Lipinski definition) is 11. The predicted molar refractivity (Wildman–Crippen MR) is 201 cm³/mol. The van der Waals surface area contributed by atoms with Crippen LogP contribution in [0.3, 0.4) is 0 Å². The van der Waals surface area contributed by atoms with E-state index in [0.29, 0.717) is 30.0 Å². The van der Waals surface area contributed by atoms with Gasteiger partial charge >= 0.3 is 6.18 Å². The standard InChI is InChI=1S/C42H60F3N3O10/c1-23-7-13-31-25(3)33(51-35-40(31)29(23)15-17-38(5,53-35)55-57-40)49-21-19-46-37(48-28-11-9-27(10-12-28)42(43,44)45)47-20-22-50-34-26(4)32-14-8-24(2)30-16-18-39(6)54-36(52-34)41(30,32)58-56-39/h9-12,23-26,29-36H,7-8,13-22H2,1-6H3,(H2,46,47,48)/t23-,24-,25-,26-,29+,30+,31+,32+,33+,34+,35-,36-,38-,39-,40-,41-/m1/s1.